The van der Waals surface area contributed by atoms with E-state index in [0.717, 1.165) is 22.4 Å². The van der Waals surface area contributed by atoms with Crippen LogP contribution < -0.4 is 4.74 Å². The third kappa shape index (κ3) is 2.36. The van der Waals surface area contributed by atoms with Gasteiger partial charge in [-0.25, -0.2) is 0 Å². The lowest BCUT2D eigenvalue weighted by Crippen LogP contribution is -2.07. The molecule has 0 radical (unpaired) electrons. The Labute approximate surface area is 97.9 Å². The molecule has 0 N–H and O–H groups in total. The average Bonchev–Trinajstić information content (AvgIpc) is 2.23. The molecule has 0 saturated carbocycles. The number of ether oxygens (including phenoxy) is 1. The second-order valence-corrected chi connectivity index (χ2v) is 4.53. The van der Waals surface area contributed by atoms with Crippen molar-refractivity contribution in [3.63, 3.8) is 0 Å². The van der Waals surface area contributed by atoms with Crippen molar-refractivity contribution in [1.29, 1.82) is 5.26 Å². The molecule has 0 fully saturated rings. The van der Waals surface area contributed by atoms with Crippen LogP contribution in [0.1, 0.15) is 36.5 Å². The summed E-state index contributed by atoms with van der Waals surface area (Å²) in [5.74, 6) is 1.18. The van der Waals surface area contributed by atoms with E-state index in [1.54, 1.807) is 7.11 Å². The summed E-state index contributed by atoms with van der Waals surface area (Å²) in [6.45, 7) is 8.19. The van der Waals surface area contributed by atoms with Gasteiger partial charge in [0.2, 0.25) is 0 Å². The van der Waals surface area contributed by atoms with Gasteiger partial charge in [-0.05, 0) is 42.5 Å². The molecule has 0 spiro atoms. The summed E-state index contributed by atoms with van der Waals surface area (Å²) in [5, 5.41) is 9.21. The van der Waals surface area contributed by atoms with Crippen LogP contribution in [-0.2, 0) is 0 Å². The second kappa shape index (κ2) is 5.03. The third-order valence-electron chi connectivity index (χ3n) is 2.92. The van der Waals surface area contributed by atoms with Gasteiger partial charge in [0.05, 0.1) is 19.1 Å². The lowest BCUT2D eigenvalue weighted by atomic mass is 9.86. The summed E-state index contributed by atoms with van der Waals surface area (Å²) in [4.78, 5) is 0. The van der Waals surface area contributed by atoms with Crippen LogP contribution in [0.5, 0.6) is 5.75 Å². The Balaban J connectivity index is 3.25. The molecule has 0 bridgehead atoms. The maximum Gasteiger partial charge on any atom is 0.122 e. The maximum absolute atomic E-state index is 9.21. The van der Waals surface area contributed by atoms with E-state index in [2.05, 4.69) is 26.0 Å². The summed E-state index contributed by atoms with van der Waals surface area (Å²) in [5.41, 5.74) is 3.34. The number of hydrogen-bond donors (Lipinski definition) is 0. The molecule has 86 valence electrons. The van der Waals surface area contributed by atoms with Gasteiger partial charge in [0.25, 0.3) is 0 Å². The minimum Gasteiger partial charge on any atom is -0.496 e. The molecule has 0 aliphatic heterocycles. The Bertz CT molecular complexity index is 415. The Morgan fingerprint density at radius 2 is 1.81 bits per heavy atom. The average molecular weight is 217 g/mol. The first kappa shape index (κ1) is 12.6. The summed E-state index contributed by atoms with van der Waals surface area (Å²) < 4.78 is 5.27. The van der Waals surface area contributed by atoms with Crippen molar-refractivity contribution in [3.05, 3.63) is 28.8 Å². The molecular weight excluding hydrogens is 198 g/mol. The van der Waals surface area contributed by atoms with Crippen LogP contribution in [0.3, 0.4) is 0 Å². The van der Waals surface area contributed by atoms with Crippen molar-refractivity contribution in [3.8, 4) is 11.8 Å². The first-order chi connectivity index (χ1) is 7.51. The molecule has 0 aromatic heterocycles. The fraction of sp³-hybridized carbons (Fsp3) is 0.500. The van der Waals surface area contributed by atoms with Crippen molar-refractivity contribution in [2.45, 2.75) is 33.6 Å². The lowest BCUT2D eigenvalue weighted by Gasteiger charge is -2.18. The zero-order valence-corrected chi connectivity index (χ0v) is 10.7. The van der Waals surface area contributed by atoms with Crippen molar-refractivity contribution in [2.75, 3.05) is 7.11 Å². The number of nitrogens with zero attached hydrogens (tertiary/aromatic N) is 1. The fourth-order valence-electron chi connectivity index (χ4n) is 1.94. The Kier molecular flexibility index (Phi) is 3.95. The third-order valence-corrected chi connectivity index (χ3v) is 2.92. The van der Waals surface area contributed by atoms with Gasteiger partial charge in [0.15, 0.2) is 0 Å². The predicted molar refractivity (Wildman–Crippen MR) is 65.7 cm³/mol. The highest BCUT2D eigenvalue weighted by Crippen LogP contribution is 2.31. The normalized spacial score (nSPS) is 12.3. The smallest absolute Gasteiger partial charge is 0.122 e. The van der Waals surface area contributed by atoms with E-state index in [9.17, 15) is 5.26 Å². The van der Waals surface area contributed by atoms with Gasteiger partial charge >= 0.3 is 0 Å². The van der Waals surface area contributed by atoms with Crippen LogP contribution >= 0.6 is 0 Å². The maximum atomic E-state index is 9.21. The van der Waals surface area contributed by atoms with Crippen LogP contribution in [0.2, 0.25) is 0 Å². The van der Waals surface area contributed by atoms with E-state index in [0.29, 0.717) is 5.92 Å². The molecule has 0 aliphatic carbocycles. The van der Waals surface area contributed by atoms with Gasteiger partial charge in [-0.15, -0.1) is 0 Å². The number of benzene rings is 1. The minimum absolute atomic E-state index is 0.0374. The molecule has 1 unspecified atom stereocenters. The van der Waals surface area contributed by atoms with Crippen LogP contribution in [0.25, 0.3) is 0 Å². The molecule has 1 rings (SSSR count). The SMILES string of the molecule is COc1cc(C)c(C(C#N)C(C)C)cc1C. The topological polar surface area (TPSA) is 33.0 Å². The number of nitriles is 1. The summed E-state index contributed by atoms with van der Waals surface area (Å²) in [6, 6.07) is 6.47. The highest BCUT2D eigenvalue weighted by molar-refractivity contribution is 5.44. The largest absolute Gasteiger partial charge is 0.496 e. The molecule has 2 heteroatoms. The van der Waals surface area contributed by atoms with Gasteiger partial charge in [0, 0.05) is 0 Å². The van der Waals surface area contributed by atoms with E-state index in [1.807, 2.05) is 19.9 Å². The lowest BCUT2D eigenvalue weighted by molar-refractivity contribution is 0.411. The van der Waals surface area contributed by atoms with E-state index in [1.165, 1.54) is 0 Å². The molecule has 1 aromatic rings. The first-order valence-electron chi connectivity index (χ1n) is 5.56. The Morgan fingerprint density at radius 1 is 1.19 bits per heavy atom. The van der Waals surface area contributed by atoms with E-state index < -0.39 is 0 Å². The highest BCUT2D eigenvalue weighted by atomic mass is 16.5. The van der Waals surface area contributed by atoms with Gasteiger partial charge in [-0.2, -0.15) is 5.26 Å². The summed E-state index contributed by atoms with van der Waals surface area (Å²) in [6.07, 6.45) is 0. The van der Waals surface area contributed by atoms with Gasteiger partial charge in [0.1, 0.15) is 5.75 Å². The van der Waals surface area contributed by atoms with E-state index >= 15 is 0 Å². The Hall–Kier alpha value is -1.49. The van der Waals surface area contributed by atoms with E-state index in [-0.39, 0.29) is 5.92 Å². The number of methoxy groups -OCH3 is 1. The fourth-order valence-corrected chi connectivity index (χ4v) is 1.94. The van der Waals surface area contributed by atoms with Gasteiger partial charge < -0.3 is 4.74 Å². The molecule has 0 saturated heterocycles. The molecule has 0 heterocycles. The molecule has 2 nitrogen and oxygen atoms in total. The van der Waals surface area contributed by atoms with Crippen LogP contribution in [0.15, 0.2) is 12.1 Å². The number of rotatable bonds is 3. The summed E-state index contributed by atoms with van der Waals surface area (Å²) >= 11 is 0. The van der Waals surface area contributed by atoms with Crippen LogP contribution in [0.4, 0.5) is 0 Å². The van der Waals surface area contributed by atoms with Gasteiger partial charge in [-0.1, -0.05) is 19.9 Å². The van der Waals surface area contributed by atoms with Crippen LogP contribution in [-0.4, -0.2) is 7.11 Å². The molecule has 16 heavy (non-hydrogen) atoms. The van der Waals surface area contributed by atoms with E-state index in [4.69, 9.17) is 4.74 Å². The zero-order chi connectivity index (χ0) is 12.3. The van der Waals surface area contributed by atoms with Crippen molar-refractivity contribution in [1.82, 2.24) is 0 Å². The minimum atomic E-state index is -0.0374. The molecular formula is C14H19NO. The van der Waals surface area contributed by atoms with Crippen LogP contribution in [0, 0.1) is 31.1 Å². The second-order valence-electron chi connectivity index (χ2n) is 4.53. The highest BCUT2D eigenvalue weighted by Gasteiger charge is 2.18. The zero-order valence-electron chi connectivity index (χ0n) is 10.7. The van der Waals surface area contributed by atoms with Gasteiger partial charge in [-0.3, -0.25) is 0 Å². The van der Waals surface area contributed by atoms with Crippen molar-refractivity contribution >= 4 is 0 Å². The monoisotopic (exact) mass is 217 g/mol. The van der Waals surface area contributed by atoms with Crippen molar-refractivity contribution in [2.24, 2.45) is 5.92 Å². The Morgan fingerprint density at radius 3 is 2.25 bits per heavy atom. The van der Waals surface area contributed by atoms with Crippen molar-refractivity contribution < 1.29 is 4.74 Å². The predicted octanol–water partition coefficient (Wildman–Crippen LogP) is 3.58. The molecule has 0 amide bonds. The quantitative estimate of drug-likeness (QED) is 0.775. The number of aryl methyl sites for hydroxylation is 2. The molecule has 0 aliphatic rings. The number of hydrogen-bond acceptors (Lipinski definition) is 2. The molecule has 1 atom stereocenters. The first-order valence-corrected chi connectivity index (χ1v) is 5.56. The standard InChI is InChI=1S/C14H19NO/c1-9(2)13(8-15)12-6-11(4)14(16-5)7-10(12)3/h6-7,9,13H,1-5H3. The molecule has 1 aromatic carbocycles. The summed E-state index contributed by atoms with van der Waals surface area (Å²) in [7, 11) is 1.67.